The third kappa shape index (κ3) is 5.17. The fourth-order valence-electron chi connectivity index (χ4n) is 2.95. The third-order valence-corrected chi connectivity index (χ3v) is 4.70. The van der Waals surface area contributed by atoms with Crippen LogP contribution in [0.4, 0.5) is 11.4 Å². The molecule has 2 N–H and O–H groups in total. The van der Waals surface area contributed by atoms with Gasteiger partial charge in [0.05, 0.1) is 0 Å². The van der Waals surface area contributed by atoms with E-state index in [2.05, 4.69) is 20.7 Å². The Morgan fingerprint density at radius 2 is 1.56 bits per heavy atom. The smallest absolute Gasteiger partial charge is 0.255 e. The van der Waals surface area contributed by atoms with E-state index in [0.29, 0.717) is 28.4 Å². The zero-order valence-corrected chi connectivity index (χ0v) is 17.3. The first kappa shape index (κ1) is 20.8. The van der Waals surface area contributed by atoms with Gasteiger partial charge in [-0.2, -0.15) is 5.10 Å². The number of amides is 2. The molecule has 1 heterocycles. The quantitative estimate of drug-likeness (QED) is 0.452. The van der Waals surface area contributed by atoms with Crippen LogP contribution in [0.15, 0.2) is 91.5 Å². The molecule has 32 heavy (non-hydrogen) atoms. The van der Waals surface area contributed by atoms with Crippen LogP contribution in [0.3, 0.4) is 0 Å². The van der Waals surface area contributed by atoms with Gasteiger partial charge in [0, 0.05) is 16.9 Å². The lowest BCUT2D eigenvalue weighted by atomic mass is 10.2. The van der Waals surface area contributed by atoms with E-state index in [1.54, 1.807) is 55.5 Å². The van der Waals surface area contributed by atoms with E-state index in [9.17, 15) is 9.59 Å². The summed E-state index contributed by atoms with van der Waals surface area (Å²) < 4.78 is 7.26. The molecule has 8 heteroatoms. The van der Waals surface area contributed by atoms with Crippen molar-refractivity contribution in [1.82, 2.24) is 14.8 Å². The number of nitrogens with one attached hydrogen (secondary N) is 2. The first-order valence-corrected chi connectivity index (χ1v) is 9.98. The van der Waals surface area contributed by atoms with Crippen LogP contribution < -0.4 is 15.4 Å². The number of carbonyl (C=O) groups excluding carboxylic acids is 2. The molecule has 1 unspecified atom stereocenters. The zero-order valence-electron chi connectivity index (χ0n) is 17.3. The van der Waals surface area contributed by atoms with Gasteiger partial charge in [-0.05, 0) is 61.5 Å². The highest BCUT2D eigenvalue weighted by molar-refractivity contribution is 6.04. The van der Waals surface area contributed by atoms with Crippen molar-refractivity contribution in [3.63, 3.8) is 0 Å². The molecule has 0 spiro atoms. The van der Waals surface area contributed by atoms with E-state index in [4.69, 9.17) is 4.74 Å². The van der Waals surface area contributed by atoms with Crippen LogP contribution in [-0.2, 0) is 4.79 Å². The van der Waals surface area contributed by atoms with E-state index in [1.807, 2.05) is 30.3 Å². The van der Waals surface area contributed by atoms with E-state index >= 15 is 0 Å². The van der Waals surface area contributed by atoms with E-state index in [0.717, 1.165) is 0 Å². The Kier molecular flexibility index (Phi) is 6.22. The highest BCUT2D eigenvalue weighted by Crippen LogP contribution is 2.23. The molecule has 3 aromatic carbocycles. The Bertz CT molecular complexity index is 1190. The monoisotopic (exact) mass is 427 g/mol. The zero-order chi connectivity index (χ0) is 22.3. The molecule has 4 rings (SSSR count). The predicted molar refractivity (Wildman–Crippen MR) is 121 cm³/mol. The van der Waals surface area contributed by atoms with Crippen molar-refractivity contribution in [3.05, 3.63) is 97.1 Å². The Morgan fingerprint density at radius 3 is 2.25 bits per heavy atom. The summed E-state index contributed by atoms with van der Waals surface area (Å²) in [6.45, 7) is 1.73. The first-order chi connectivity index (χ1) is 15.6. The molecule has 0 aliphatic rings. The average molecular weight is 427 g/mol. The van der Waals surface area contributed by atoms with Crippen LogP contribution in [0.5, 0.6) is 11.5 Å². The molecule has 2 amide bonds. The second-order valence-electron chi connectivity index (χ2n) is 7.02. The number of aromatic nitrogens is 3. The molecule has 0 aliphatic carbocycles. The molecule has 0 saturated carbocycles. The van der Waals surface area contributed by atoms with Crippen LogP contribution in [0.25, 0.3) is 0 Å². The fourth-order valence-corrected chi connectivity index (χ4v) is 2.95. The van der Waals surface area contributed by atoms with Crippen molar-refractivity contribution in [2.75, 3.05) is 10.6 Å². The summed E-state index contributed by atoms with van der Waals surface area (Å²) in [5, 5.41) is 9.63. The van der Waals surface area contributed by atoms with Gasteiger partial charge in [0.2, 0.25) is 5.91 Å². The van der Waals surface area contributed by atoms with E-state index in [1.165, 1.54) is 17.3 Å². The summed E-state index contributed by atoms with van der Waals surface area (Å²) in [7, 11) is 0. The maximum Gasteiger partial charge on any atom is 0.255 e. The summed E-state index contributed by atoms with van der Waals surface area (Å²) in [4.78, 5) is 28.8. The molecule has 160 valence electrons. The molecule has 4 aromatic rings. The lowest BCUT2D eigenvalue weighted by Gasteiger charge is -2.13. The van der Waals surface area contributed by atoms with Crippen molar-refractivity contribution >= 4 is 23.2 Å². The molecular formula is C24H21N5O3. The number of nitrogens with zero attached hydrogens (tertiary/aromatic N) is 3. The van der Waals surface area contributed by atoms with Crippen molar-refractivity contribution in [1.29, 1.82) is 0 Å². The highest BCUT2D eigenvalue weighted by Gasteiger charge is 2.15. The number of hydrogen-bond acceptors (Lipinski definition) is 5. The first-order valence-electron chi connectivity index (χ1n) is 9.98. The predicted octanol–water partition coefficient (Wildman–Crippen LogP) is 4.52. The fraction of sp³-hybridized carbons (Fsp3) is 0.0833. The molecule has 0 bridgehead atoms. The number of ether oxygens (including phenoxy) is 1. The van der Waals surface area contributed by atoms with Crippen LogP contribution in [0.2, 0.25) is 0 Å². The van der Waals surface area contributed by atoms with Gasteiger partial charge in [-0.15, -0.1) is 0 Å². The normalized spacial score (nSPS) is 11.4. The molecule has 0 saturated heterocycles. The van der Waals surface area contributed by atoms with Crippen LogP contribution >= 0.6 is 0 Å². The second-order valence-corrected chi connectivity index (χ2v) is 7.02. The van der Waals surface area contributed by atoms with E-state index in [-0.39, 0.29) is 11.8 Å². The number of benzene rings is 3. The van der Waals surface area contributed by atoms with Gasteiger partial charge in [0.15, 0.2) is 0 Å². The summed E-state index contributed by atoms with van der Waals surface area (Å²) in [5.74, 6) is 0.784. The van der Waals surface area contributed by atoms with Crippen molar-refractivity contribution < 1.29 is 14.3 Å². The molecule has 1 atom stereocenters. The molecule has 0 radical (unpaired) electrons. The maximum atomic E-state index is 12.7. The van der Waals surface area contributed by atoms with Gasteiger partial charge >= 0.3 is 0 Å². The van der Waals surface area contributed by atoms with E-state index < -0.39 is 6.04 Å². The summed E-state index contributed by atoms with van der Waals surface area (Å²) >= 11 is 0. The lowest BCUT2D eigenvalue weighted by Crippen LogP contribution is -2.24. The SMILES string of the molecule is CC(C(=O)Nc1ccc(NC(=O)c2cccc(Oc3ccccc3)c2)cc1)n1cncn1. The molecule has 0 aliphatic heterocycles. The van der Waals surface area contributed by atoms with Gasteiger partial charge in [-0.25, -0.2) is 9.67 Å². The minimum absolute atomic E-state index is 0.220. The average Bonchev–Trinajstić information content (AvgIpc) is 3.36. The summed E-state index contributed by atoms with van der Waals surface area (Å²) in [5.41, 5.74) is 1.68. The molecule has 0 fully saturated rings. The number of carbonyl (C=O) groups is 2. The summed E-state index contributed by atoms with van der Waals surface area (Å²) in [6.07, 6.45) is 2.87. The van der Waals surface area contributed by atoms with Crippen LogP contribution in [0.1, 0.15) is 23.3 Å². The number of rotatable bonds is 7. The van der Waals surface area contributed by atoms with Crippen molar-refractivity contribution in [2.45, 2.75) is 13.0 Å². The lowest BCUT2D eigenvalue weighted by molar-refractivity contribution is -0.119. The van der Waals surface area contributed by atoms with Crippen LogP contribution in [0, 0.1) is 0 Å². The minimum Gasteiger partial charge on any atom is -0.457 e. The number of anilines is 2. The van der Waals surface area contributed by atoms with Gasteiger partial charge in [0.25, 0.3) is 5.91 Å². The topological polar surface area (TPSA) is 98.1 Å². The van der Waals surface area contributed by atoms with Crippen molar-refractivity contribution in [3.8, 4) is 11.5 Å². The van der Waals surface area contributed by atoms with Gasteiger partial charge < -0.3 is 15.4 Å². The van der Waals surface area contributed by atoms with Crippen LogP contribution in [-0.4, -0.2) is 26.6 Å². The van der Waals surface area contributed by atoms with Gasteiger partial charge in [-0.1, -0.05) is 24.3 Å². The molecular weight excluding hydrogens is 406 g/mol. The number of hydrogen-bond donors (Lipinski definition) is 2. The van der Waals surface area contributed by atoms with Gasteiger partial charge in [0.1, 0.15) is 30.2 Å². The maximum absolute atomic E-state index is 12.7. The summed E-state index contributed by atoms with van der Waals surface area (Å²) in [6, 6.07) is 22.7. The Labute approximate surface area is 184 Å². The Hall–Kier alpha value is -4.46. The third-order valence-electron chi connectivity index (χ3n) is 4.70. The minimum atomic E-state index is -0.498. The second kappa shape index (κ2) is 9.57. The largest absolute Gasteiger partial charge is 0.457 e. The molecule has 1 aromatic heterocycles. The number of para-hydroxylation sites is 1. The van der Waals surface area contributed by atoms with Crippen molar-refractivity contribution in [2.24, 2.45) is 0 Å². The molecule has 8 nitrogen and oxygen atoms in total. The standard InChI is InChI=1S/C24H21N5O3/c1-17(29-16-25-15-26-29)23(30)27-19-10-12-20(13-11-19)28-24(31)18-6-5-9-22(14-18)32-21-7-3-2-4-8-21/h2-17H,1H3,(H,27,30)(H,28,31). The highest BCUT2D eigenvalue weighted by atomic mass is 16.5. The Balaban J connectivity index is 1.36. The Morgan fingerprint density at radius 1 is 0.875 bits per heavy atom. The van der Waals surface area contributed by atoms with Gasteiger partial charge in [-0.3, -0.25) is 9.59 Å².